The molecule has 1 amide bonds. The van der Waals surface area contributed by atoms with Gasteiger partial charge in [0, 0.05) is 62.5 Å². The van der Waals surface area contributed by atoms with E-state index in [0.29, 0.717) is 64.0 Å². The summed E-state index contributed by atoms with van der Waals surface area (Å²) in [5, 5.41) is 20.3. The highest BCUT2D eigenvalue weighted by molar-refractivity contribution is 6.00. The highest BCUT2D eigenvalue weighted by Crippen LogP contribution is 2.41. The lowest BCUT2D eigenvalue weighted by molar-refractivity contribution is -0.298. The van der Waals surface area contributed by atoms with Gasteiger partial charge in [0.15, 0.2) is 17.7 Å². The third-order valence-electron chi connectivity index (χ3n) is 13.8. The molecule has 0 radical (unpaired) electrons. The number of ketones is 1. The molecule has 63 heavy (non-hydrogen) atoms. The molecule has 13 atom stereocenters. The first-order valence-corrected chi connectivity index (χ1v) is 22.7. The average Bonchev–Trinajstić information content (AvgIpc) is 3.80. The van der Waals surface area contributed by atoms with Gasteiger partial charge < -0.3 is 49.2 Å². The van der Waals surface area contributed by atoms with Crippen LogP contribution in [0.2, 0.25) is 0 Å². The van der Waals surface area contributed by atoms with Crippen molar-refractivity contribution < 1.29 is 43.2 Å². The van der Waals surface area contributed by atoms with Crippen molar-refractivity contribution in [2.75, 3.05) is 67.7 Å². The average molecular weight is 885 g/mol. The molecule has 0 saturated carbocycles. The Labute approximate surface area is 374 Å². The van der Waals surface area contributed by atoms with Crippen LogP contribution in [0.3, 0.4) is 0 Å². The van der Waals surface area contributed by atoms with E-state index in [1.165, 1.54) is 0 Å². The monoisotopic (exact) mass is 885 g/mol. The normalized spacial score (nSPS) is 35.3. The number of likely N-dealkylation sites (N-methyl/N-ethyl adjacent to an activating group) is 3. The van der Waals surface area contributed by atoms with Gasteiger partial charge in [0.05, 0.1) is 30.0 Å². The fourth-order valence-corrected chi connectivity index (χ4v) is 10.2. The van der Waals surface area contributed by atoms with Gasteiger partial charge in [0.2, 0.25) is 0 Å². The molecule has 1 aromatic heterocycles. The zero-order valence-electron chi connectivity index (χ0n) is 40.0. The molecule has 0 aliphatic carbocycles. The molecular formula is C46H76N8O9. The van der Waals surface area contributed by atoms with Crippen LogP contribution >= 0.6 is 0 Å². The Morgan fingerprint density at radius 1 is 1.05 bits per heavy atom. The first-order valence-electron chi connectivity index (χ1n) is 22.7. The van der Waals surface area contributed by atoms with Gasteiger partial charge in [-0.1, -0.05) is 38.1 Å². The SMILES string of the molecule is CC[C@H]1OC(=O)[C@H](C)C(=O)[C@H](C)[C@@H](O[C@@H]2OC(CN(C)C)CC(N(C)C)C2O)[C@](C)(OC)C[C@@H](C)CN(C)[C@H](C)[C@H]2N(CCCCn3cc(-c4cccc(N)c4)nn3)C(=O)O[C@]12C. The number of aliphatic hydroxyl groups is 1. The summed E-state index contributed by atoms with van der Waals surface area (Å²) in [6.45, 7) is 15.4. The Kier molecular flexibility index (Phi) is 16.8. The lowest BCUT2D eigenvalue weighted by Gasteiger charge is -2.47. The number of hydrogen-bond donors (Lipinski definition) is 2. The summed E-state index contributed by atoms with van der Waals surface area (Å²) >= 11 is 0. The van der Waals surface area contributed by atoms with Crippen molar-refractivity contribution in [3.8, 4) is 11.3 Å². The third kappa shape index (κ3) is 11.4. The highest BCUT2D eigenvalue weighted by Gasteiger charge is 2.59. The number of carbonyl (C=O) groups excluding carboxylic acids is 3. The minimum absolute atomic E-state index is 0.0101. The number of benzene rings is 1. The van der Waals surface area contributed by atoms with Crippen molar-refractivity contribution in [1.29, 1.82) is 0 Å². The van der Waals surface area contributed by atoms with Crippen LogP contribution in [0, 0.1) is 17.8 Å². The lowest BCUT2D eigenvalue weighted by atomic mass is 9.78. The molecular weight excluding hydrogens is 809 g/mol. The molecule has 0 spiro atoms. The molecule has 3 aliphatic rings. The number of nitrogen functional groups attached to an aromatic ring is 1. The Morgan fingerprint density at radius 2 is 1.75 bits per heavy atom. The van der Waals surface area contributed by atoms with E-state index in [0.717, 1.165) is 11.3 Å². The first-order chi connectivity index (χ1) is 29.6. The van der Waals surface area contributed by atoms with Crippen molar-refractivity contribution >= 4 is 23.5 Å². The number of ether oxygens (including phenoxy) is 5. The Hall–Kier alpha value is -3.71. The quantitative estimate of drug-likeness (QED) is 0.126. The van der Waals surface area contributed by atoms with Crippen LogP contribution in [-0.2, 0) is 39.8 Å². The number of nitrogens with zero attached hydrogens (tertiary/aromatic N) is 7. The number of aliphatic hydroxyl groups excluding tert-OH is 1. The fraction of sp³-hybridized carbons (Fsp3) is 0.761. The number of rotatable bonds is 13. The number of cyclic esters (lactones) is 1. The van der Waals surface area contributed by atoms with Crippen molar-refractivity contribution in [2.24, 2.45) is 17.8 Å². The smallest absolute Gasteiger partial charge is 0.410 e. The number of aromatic nitrogens is 3. The van der Waals surface area contributed by atoms with Gasteiger partial charge in [-0.15, -0.1) is 5.10 Å². The van der Waals surface area contributed by atoms with Crippen molar-refractivity contribution in [3.05, 3.63) is 30.5 Å². The van der Waals surface area contributed by atoms with Crippen LogP contribution in [0.15, 0.2) is 30.5 Å². The molecule has 2 aromatic rings. The summed E-state index contributed by atoms with van der Waals surface area (Å²) < 4.78 is 34.0. The molecule has 1 aromatic carbocycles. The second kappa shape index (κ2) is 21.1. The number of aryl methyl sites for hydroxylation is 1. The molecule has 5 rings (SSSR count). The van der Waals surface area contributed by atoms with Crippen LogP contribution < -0.4 is 5.73 Å². The minimum Gasteiger partial charge on any atom is -0.458 e. The molecule has 3 N–H and O–H groups in total. The van der Waals surface area contributed by atoms with E-state index >= 15 is 0 Å². The Bertz CT molecular complexity index is 1850. The summed E-state index contributed by atoms with van der Waals surface area (Å²) in [6.07, 6.45) is 0.0796. The van der Waals surface area contributed by atoms with Crippen LogP contribution in [-0.4, -0.2) is 180 Å². The topological polar surface area (TPSA) is 187 Å². The molecule has 4 heterocycles. The van der Waals surface area contributed by atoms with Gasteiger partial charge in [-0.2, -0.15) is 0 Å². The first kappa shape index (κ1) is 50.3. The van der Waals surface area contributed by atoms with Gasteiger partial charge in [-0.25, -0.2) is 4.79 Å². The summed E-state index contributed by atoms with van der Waals surface area (Å²) in [4.78, 5) is 50.7. The van der Waals surface area contributed by atoms with Gasteiger partial charge in [0.25, 0.3) is 0 Å². The van der Waals surface area contributed by atoms with Gasteiger partial charge >= 0.3 is 12.1 Å². The van der Waals surface area contributed by atoms with E-state index in [4.69, 9.17) is 29.4 Å². The van der Waals surface area contributed by atoms with Crippen LogP contribution in [0.25, 0.3) is 11.3 Å². The Balaban J connectivity index is 1.41. The number of esters is 1. The maximum Gasteiger partial charge on any atom is 0.410 e. The highest BCUT2D eigenvalue weighted by atomic mass is 16.7. The number of nitrogens with two attached hydrogens (primary N) is 1. The van der Waals surface area contributed by atoms with E-state index < -0.39 is 71.5 Å². The van der Waals surface area contributed by atoms with Gasteiger partial charge in [0.1, 0.15) is 23.8 Å². The summed E-state index contributed by atoms with van der Waals surface area (Å²) in [5.74, 6) is -3.19. The van der Waals surface area contributed by atoms with E-state index in [1.807, 2.05) is 96.3 Å². The Morgan fingerprint density at radius 3 is 2.38 bits per heavy atom. The van der Waals surface area contributed by atoms with Crippen LogP contribution in [0.4, 0.5) is 10.5 Å². The molecule has 3 saturated heterocycles. The standard InChI is InChI=1S/C46H76N8O9/c1-14-37-46(7)40(54(44(58)63-46)21-16-15-20-53-27-35(48-49-53)32-18-17-19-33(47)22-32)31(5)52(12)25-28(2)24-45(6,59-13)41(29(3)38(55)30(4)42(57)61-37)62-43-39(56)36(51(10)11)23-34(60-43)26-50(8)9/h17-19,22,27-31,34,36-37,39-41,43,56H,14-16,20-21,23-26,47H2,1-13H3/t28-,29+,30-,31-,34?,36?,37-,39?,40-,41-,43+,45-,46-/m1/s1. The van der Waals surface area contributed by atoms with Gasteiger partial charge in [-0.3, -0.25) is 19.2 Å². The molecule has 354 valence electrons. The van der Waals surface area contributed by atoms with Crippen molar-refractivity contribution in [3.63, 3.8) is 0 Å². The zero-order valence-corrected chi connectivity index (χ0v) is 40.0. The van der Waals surface area contributed by atoms with Crippen molar-refractivity contribution in [2.45, 2.75) is 147 Å². The zero-order chi connectivity index (χ0) is 46.6. The van der Waals surface area contributed by atoms with Crippen LogP contribution in [0.1, 0.15) is 80.6 Å². The summed E-state index contributed by atoms with van der Waals surface area (Å²) in [6, 6.07) is 6.49. The molecule has 0 bridgehead atoms. The lowest BCUT2D eigenvalue weighted by Crippen LogP contribution is -2.61. The maximum atomic E-state index is 14.6. The van der Waals surface area contributed by atoms with E-state index in [9.17, 15) is 19.5 Å². The van der Waals surface area contributed by atoms with Gasteiger partial charge in [-0.05, 0) is 113 Å². The third-order valence-corrected chi connectivity index (χ3v) is 13.8. The second-order valence-corrected chi connectivity index (χ2v) is 19.3. The summed E-state index contributed by atoms with van der Waals surface area (Å²) in [7, 11) is 11.4. The molecule has 3 aliphatic heterocycles. The fourth-order valence-electron chi connectivity index (χ4n) is 10.2. The molecule has 17 heteroatoms. The largest absolute Gasteiger partial charge is 0.458 e. The number of Topliss-reactive ketones (excluding diaryl/α,β-unsaturated/α-hetero) is 1. The predicted molar refractivity (Wildman–Crippen MR) is 239 cm³/mol. The van der Waals surface area contributed by atoms with E-state index in [2.05, 4.69) is 29.1 Å². The molecule has 3 fully saturated rings. The number of fused-ring (bicyclic) bond motifs is 1. The minimum atomic E-state index is -1.24. The summed E-state index contributed by atoms with van der Waals surface area (Å²) in [5.41, 5.74) is 5.94. The number of hydrogen-bond acceptors (Lipinski definition) is 15. The van der Waals surface area contributed by atoms with Crippen molar-refractivity contribution in [1.82, 2.24) is 34.6 Å². The number of anilines is 1. The van der Waals surface area contributed by atoms with Crippen LogP contribution in [0.5, 0.6) is 0 Å². The number of unbranched alkanes of at least 4 members (excludes halogenated alkanes) is 1. The number of methoxy groups -OCH3 is 1. The number of amides is 1. The predicted octanol–water partition coefficient (Wildman–Crippen LogP) is 4.17. The molecule has 3 unspecified atom stereocenters. The molecule has 17 nitrogen and oxygen atoms in total. The number of carbonyl (C=O) groups is 3. The van der Waals surface area contributed by atoms with E-state index in [1.54, 1.807) is 30.5 Å². The second-order valence-electron chi connectivity index (χ2n) is 19.3. The maximum absolute atomic E-state index is 14.6. The van der Waals surface area contributed by atoms with E-state index in [-0.39, 0.29) is 24.1 Å².